The van der Waals surface area contributed by atoms with Crippen LogP contribution >= 0.6 is 11.8 Å². The Labute approximate surface area is 183 Å². The lowest BCUT2D eigenvalue weighted by Crippen LogP contribution is -2.57. The minimum Gasteiger partial charge on any atom is -0.467 e. The zero-order valence-electron chi connectivity index (χ0n) is 17.7. The molecule has 3 heterocycles. The first kappa shape index (κ1) is 21.4. The lowest BCUT2D eigenvalue weighted by atomic mass is 9.81. The highest BCUT2D eigenvalue weighted by molar-refractivity contribution is 8.13. The normalized spacial score (nSPS) is 29.0. The van der Waals surface area contributed by atoms with Gasteiger partial charge in [-0.3, -0.25) is 19.5 Å². The molecule has 0 bridgehead atoms. The smallest absolute Gasteiger partial charge is 0.337 e. The van der Waals surface area contributed by atoms with Crippen LogP contribution in [0.4, 0.5) is 0 Å². The van der Waals surface area contributed by atoms with Crippen LogP contribution in [0.25, 0.3) is 0 Å². The number of likely N-dealkylation sites (tertiary alicyclic amines) is 1. The molecule has 1 aromatic rings. The molecule has 164 valence electrons. The Kier molecular flexibility index (Phi) is 5.28. The van der Waals surface area contributed by atoms with E-state index in [1.807, 2.05) is 17.0 Å². The highest BCUT2D eigenvalue weighted by atomic mass is 32.2. The molecule has 0 aliphatic carbocycles. The fourth-order valence-electron chi connectivity index (χ4n) is 4.80. The number of amidine groups is 1. The lowest BCUT2D eigenvalue weighted by Gasteiger charge is -2.37. The molecule has 0 N–H and O–H groups in total. The van der Waals surface area contributed by atoms with Crippen LogP contribution in [0.2, 0.25) is 0 Å². The molecule has 3 aliphatic heterocycles. The number of carbonyl (C=O) groups excluding carboxylic acids is 4. The highest BCUT2D eigenvalue weighted by Gasteiger charge is 2.71. The van der Waals surface area contributed by atoms with E-state index < -0.39 is 29.3 Å². The number of benzene rings is 1. The van der Waals surface area contributed by atoms with E-state index in [0.717, 1.165) is 10.5 Å². The Morgan fingerprint density at radius 1 is 1.16 bits per heavy atom. The first-order valence-electron chi connectivity index (χ1n) is 9.79. The molecule has 4 rings (SSSR count). The van der Waals surface area contributed by atoms with Gasteiger partial charge in [0.25, 0.3) is 0 Å². The Morgan fingerprint density at radius 3 is 2.45 bits per heavy atom. The molecule has 2 saturated heterocycles. The standard InChI is InChI=1S/C21H23N3O6S/c1-21(19(28)30-4)15-14(16(25)23(2)17(15)26)13-9-22-20(24(13)21)31-10-11-5-7-12(8-6-11)18(27)29-3/h5-8,13-15H,9-10H2,1-4H3/t13-,14+,15-,21-/m1/s1. The third-order valence-corrected chi connectivity index (χ3v) is 7.45. The Balaban J connectivity index is 1.58. The van der Waals surface area contributed by atoms with Crippen molar-refractivity contribution in [1.82, 2.24) is 9.80 Å². The number of nitrogens with zero attached hydrogens (tertiary/aromatic N) is 3. The summed E-state index contributed by atoms with van der Waals surface area (Å²) in [5, 5.41) is 0.604. The van der Waals surface area contributed by atoms with Crippen molar-refractivity contribution < 1.29 is 28.7 Å². The van der Waals surface area contributed by atoms with Crippen LogP contribution in [0, 0.1) is 11.8 Å². The first-order valence-corrected chi connectivity index (χ1v) is 10.8. The van der Waals surface area contributed by atoms with Crippen molar-refractivity contribution in [3.05, 3.63) is 35.4 Å². The topological polar surface area (TPSA) is 106 Å². The maximum absolute atomic E-state index is 12.9. The number of thioether (sulfide) groups is 1. The second kappa shape index (κ2) is 7.67. The number of esters is 2. The minimum atomic E-state index is -1.31. The van der Waals surface area contributed by atoms with Crippen molar-refractivity contribution in [2.75, 3.05) is 27.8 Å². The number of methoxy groups -OCH3 is 2. The fraction of sp³-hybridized carbons (Fsp3) is 0.476. The third-order valence-electron chi connectivity index (χ3n) is 6.39. The highest BCUT2D eigenvalue weighted by Crippen LogP contribution is 2.52. The lowest BCUT2D eigenvalue weighted by molar-refractivity contribution is -0.156. The maximum Gasteiger partial charge on any atom is 0.337 e. The molecular formula is C21H23N3O6S. The zero-order chi connectivity index (χ0) is 22.5. The van der Waals surface area contributed by atoms with Crippen LogP contribution in [-0.4, -0.2) is 78.1 Å². The summed E-state index contributed by atoms with van der Waals surface area (Å²) in [7, 11) is 4.07. The van der Waals surface area contributed by atoms with Crippen molar-refractivity contribution in [1.29, 1.82) is 0 Å². The summed E-state index contributed by atoms with van der Waals surface area (Å²) in [6, 6.07) is 6.67. The Bertz CT molecular complexity index is 993. The van der Waals surface area contributed by atoms with Gasteiger partial charge >= 0.3 is 11.9 Å². The molecule has 3 aliphatic rings. The maximum atomic E-state index is 12.9. The molecule has 9 nitrogen and oxygen atoms in total. The van der Waals surface area contributed by atoms with Crippen molar-refractivity contribution in [2.24, 2.45) is 16.8 Å². The summed E-state index contributed by atoms with van der Waals surface area (Å²) in [6.07, 6.45) is 0. The van der Waals surface area contributed by atoms with Crippen LogP contribution in [0.5, 0.6) is 0 Å². The summed E-state index contributed by atoms with van der Waals surface area (Å²) in [6.45, 7) is 2.00. The number of amides is 2. The average molecular weight is 445 g/mol. The van der Waals surface area contributed by atoms with Crippen LogP contribution in [0.1, 0.15) is 22.8 Å². The van der Waals surface area contributed by atoms with Gasteiger partial charge in [0.1, 0.15) is 5.54 Å². The molecule has 2 amide bonds. The van der Waals surface area contributed by atoms with Gasteiger partial charge < -0.3 is 14.4 Å². The first-order chi connectivity index (χ1) is 14.7. The molecule has 1 aromatic carbocycles. The van der Waals surface area contributed by atoms with E-state index in [-0.39, 0.29) is 17.9 Å². The molecule has 0 radical (unpaired) electrons. The second-order valence-electron chi connectivity index (χ2n) is 7.92. The number of rotatable bonds is 4. The molecule has 0 saturated carbocycles. The summed E-state index contributed by atoms with van der Waals surface area (Å²) < 4.78 is 9.77. The number of aliphatic imine (C=N–C) groups is 1. The summed E-state index contributed by atoms with van der Waals surface area (Å²) in [5.74, 6) is -2.48. The van der Waals surface area contributed by atoms with Crippen molar-refractivity contribution in [2.45, 2.75) is 24.3 Å². The Hall–Kier alpha value is -2.88. The molecular weight excluding hydrogens is 422 g/mol. The van der Waals surface area contributed by atoms with Crippen molar-refractivity contribution >= 4 is 40.7 Å². The largest absolute Gasteiger partial charge is 0.467 e. The van der Waals surface area contributed by atoms with Gasteiger partial charge in [0, 0.05) is 12.8 Å². The zero-order valence-corrected chi connectivity index (χ0v) is 18.5. The van der Waals surface area contributed by atoms with Crippen LogP contribution in [0.3, 0.4) is 0 Å². The van der Waals surface area contributed by atoms with Gasteiger partial charge in [0.15, 0.2) is 5.17 Å². The van der Waals surface area contributed by atoms with Gasteiger partial charge in [0.05, 0.1) is 44.2 Å². The van der Waals surface area contributed by atoms with E-state index in [0.29, 0.717) is 23.0 Å². The number of carbonyl (C=O) groups is 4. The Morgan fingerprint density at radius 2 is 1.84 bits per heavy atom. The van der Waals surface area contributed by atoms with E-state index in [1.54, 1.807) is 19.1 Å². The van der Waals surface area contributed by atoms with E-state index in [4.69, 9.17) is 9.47 Å². The van der Waals surface area contributed by atoms with Crippen LogP contribution < -0.4 is 0 Å². The van der Waals surface area contributed by atoms with Gasteiger partial charge in [-0.15, -0.1) is 0 Å². The SMILES string of the molecule is COC(=O)c1ccc(CSC2=NC[C@@H]3[C@@H]4C(=O)N(C)C(=O)[C@@H]4[C@](C)(C(=O)OC)N23)cc1. The monoisotopic (exact) mass is 445 g/mol. The van der Waals surface area contributed by atoms with Gasteiger partial charge in [-0.2, -0.15) is 0 Å². The van der Waals surface area contributed by atoms with Gasteiger partial charge in [-0.1, -0.05) is 23.9 Å². The molecule has 2 fully saturated rings. The fourth-order valence-corrected chi connectivity index (χ4v) is 5.92. The number of hydrogen-bond acceptors (Lipinski definition) is 9. The van der Waals surface area contributed by atoms with Crippen molar-refractivity contribution in [3.63, 3.8) is 0 Å². The molecule has 4 atom stereocenters. The second-order valence-corrected chi connectivity index (χ2v) is 8.86. The number of hydrogen-bond donors (Lipinski definition) is 0. The summed E-state index contributed by atoms with van der Waals surface area (Å²) in [5.41, 5.74) is 0.106. The van der Waals surface area contributed by atoms with Gasteiger partial charge in [-0.25, -0.2) is 9.59 Å². The van der Waals surface area contributed by atoms with Gasteiger partial charge in [-0.05, 0) is 24.6 Å². The van der Waals surface area contributed by atoms with Crippen LogP contribution in [-0.2, 0) is 29.6 Å². The van der Waals surface area contributed by atoms with E-state index in [9.17, 15) is 19.2 Å². The number of ether oxygens (including phenoxy) is 2. The quantitative estimate of drug-likeness (QED) is 0.498. The van der Waals surface area contributed by atoms with E-state index in [2.05, 4.69) is 4.99 Å². The third kappa shape index (κ3) is 3.03. The van der Waals surface area contributed by atoms with E-state index in [1.165, 1.54) is 33.0 Å². The van der Waals surface area contributed by atoms with Crippen LogP contribution in [0.15, 0.2) is 29.3 Å². The van der Waals surface area contributed by atoms with E-state index >= 15 is 0 Å². The molecule has 10 heteroatoms. The molecule has 0 spiro atoms. The average Bonchev–Trinajstić information content (AvgIpc) is 3.39. The summed E-state index contributed by atoms with van der Waals surface area (Å²) >= 11 is 1.42. The minimum absolute atomic E-state index is 0.280. The predicted octanol–water partition coefficient (Wildman–Crippen LogP) is 0.923. The summed E-state index contributed by atoms with van der Waals surface area (Å²) in [4.78, 5) is 57.6. The van der Waals surface area contributed by atoms with Crippen molar-refractivity contribution in [3.8, 4) is 0 Å². The number of imide groups is 1. The molecule has 31 heavy (non-hydrogen) atoms. The molecule has 0 unspecified atom stereocenters. The van der Waals surface area contributed by atoms with Gasteiger partial charge in [0.2, 0.25) is 11.8 Å². The number of fused-ring (bicyclic) bond motifs is 3. The molecule has 0 aromatic heterocycles. The predicted molar refractivity (Wildman–Crippen MR) is 112 cm³/mol.